The summed E-state index contributed by atoms with van der Waals surface area (Å²) >= 11 is 6.23. The molecule has 1 aromatic rings. The molecule has 5 nitrogen and oxygen atoms in total. The van der Waals surface area contributed by atoms with Crippen LogP contribution in [0.2, 0.25) is 5.02 Å². The third kappa shape index (κ3) is 5.24. The third-order valence-corrected chi connectivity index (χ3v) is 4.31. The predicted molar refractivity (Wildman–Crippen MR) is 99.5 cm³/mol. The van der Waals surface area contributed by atoms with Gasteiger partial charge in [-0.2, -0.15) is 0 Å². The Balaban J connectivity index is 0.00000288. The Bertz CT molecular complexity index is 541. The third-order valence-electron chi connectivity index (χ3n) is 4.02. The van der Waals surface area contributed by atoms with Gasteiger partial charge in [-0.05, 0) is 58.0 Å². The van der Waals surface area contributed by atoms with Gasteiger partial charge in [0.25, 0.3) is 0 Å². The first kappa shape index (κ1) is 21.0. The van der Waals surface area contributed by atoms with E-state index < -0.39 is 5.41 Å². The highest BCUT2D eigenvalue weighted by atomic mass is 35.5. The summed E-state index contributed by atoms with van der Waals surface area (Å²) in [7, 11) is 1.63. The van der Waals surface area contributed by atoms with Gasteiger partial charge in [0.2, 0.25) is 5.91 Å². The van der Waals surface area contributed by atoms with Crippen molar-refractivity contribution in [2.45, 2.75) is 32.8 Å². The molecule has 0 bridgehead atoms. The molecule has 1 aliphatic rings. The summed E-state index contributed by atoms with van der Waals surface area (Å²) in [4.78, 5) is 12.8. The van der Waals surface area contributed by atoms with E-state index >= 15 is 0 Å². The molecular weight excluding hydrogens is 351 g/mol. The Kier molecular flexibility index (Phi) is 8.30. The van der Waals surface area contributed by atoms with Crippen LogP contribution in [0.25, 0.3) is 0 Å². The minimum atomic E-state index is -0.487. The number of hydrogen-bond acceptors (Lipinski definition) is 4. The number of hydrogen-bond donors (Lipinski definition) is 2. The number of rotatable bonds is 6. The highest BCUT2D eigenvalue weighted by Gasteiger charge is 2.39. The number of methoxy groups -OCH3 is 1. The van der Waals surface area contributed by atoms with E-state index in [1.54, 1.807) is 19.2 Å². The maximum Gasteiger partial charge on any atom is 0.233 e. The summed E-state index contributed by atoms with van der Waals surface area (Å²) in [5.74, 6) is 0.600. The number of nitrogens with one attached hydrogen (secondary N) is 2. The van der Waals surface area contributed by atoms with E-state index in [9.17, 15) is 4.79 Å². The molecule has 1 amide bonds. The maximum absolute atomic E-state index is 12.8. The number of piperidine rings is 1. The molecule has 1 saturated heterocycles. The van der Waals surface area contributed by atoms with Gasteiger partial charge in [-0.3, -0.25) is 4.79 Å². The molecule has 1 aliphatic heterocycles. The Morgan fingerprint density at radius 1 is 1.38 bits per heavy atom. The van der Waals surface area contributed by atoms with E-state index in [4.69, 9.17) is 21.1 Å². The van der Waals surface area contributed by atoms with Crippen LogP contribution in [0.15, 0.2) is 18.2 Å². The van der Waals surface area contributed by atoms with Crippen molar-refractivity contribution >= 4 is 35.6 Å². The van der Waals surface area contributed by atoms with Crippen molar-refractivity contribution < 1.29 is 14.3 Å². The van der Waals surface area contributed by atoms with Gasteiger partial charge in [0, 0.05) is 12.8 Å². The van der Waals surface area contributed by atoms with Crippen LogP contribution < -0.4 is 15.4 Å². The zero-order valence-corrected chi connectivity index (χ0v) is 15.9. The second-order valence-electron chi connectivity index (χ2n) is 6.23. The molecular formula is C17H26Cl2N2O3. The summed E-state index contributed by atoms with van der Waals surface area (Å²) in [5.41, 5.74) is 0.185. The van der Waals surface area contributed by atoms with Crippen molar-refractivity contribution in [1.29, 1.82) is 0 Å². The highest BCUT2D eigenvalue weighted by Crippen LogP contribution is 2.33. The van der Waals surface area contributed by atoms with Crippen LogP contribution in [-0.2, 0) is 9.53 Å². The standard InChI is InChI=1S/C17H25ClN2O3.ClH/c1-12(2)23-15-5-4-13(10-14(15)18)20-16(21)17(11-22-3)6-8-19-9-7-17;/h4-5,10,12,19H,6-9,11H2,1-3H3,(H,20,21);1H. The molecule has 1 fully saturated rings. The molecule has 1 aromatic carbocycles. The van der Waals surface area contributed by atoms with E-state index in [2.05, 4.69) is 10.6 Å². The van der Waals surface area contributed by atoms with Crippen molar-refractivity contribution in [3.8, 4) is 5.75 Å². The second-order valence-corrected chi connectivity index (χ2v) is 6.64. The van der Waals surface area contributed by atoms with Crippen molar-refractivity contribution in [2.24, 2.45) is 5.41 Å². The topological polar surface area (TPSA) is 59.6 Å². The lowest BCUT2D eigenvalue weighted by Crippen LogP contribution is -2.47. The largest absolute Gasteiger partial charge is 0.489 e. The van der Waals surface area contributed by atoms with E-state index in [-0.39, 0.29) is 24.4 Å². The second kappa shape index (κ2) is 9.47. The average Bonchev–Trinajstić information content (AvgIpc) is 2.51. The normalized spacial score (nSPS) is 16.4. The molecule has 1 heterocycles. The summed E-state index contributed by atoms with van der Waals surface area (Å²) in [6.07, 6.45) is 1.57. The van der Waals surface area contributed by atoms with E-state index in [0.717, 1.165) is 25.9 Å². The Labute approximate surface area is 154 Å². The minimum Gasteiger partial charge on any atom is -0.489 e. The van der Waals surface area contributed by atoms with E-state index in [1.165, 1.54) is 0 Å². The lowest BCUT2D eigenvalue weighted by molar-refractivity contribution is -0.130. The molecule has 0 spiro atoms. The van der Waals surface area contributed by atoms with Crippen LogP contribution in [-0.4, -0.2) is 38.8 Å². The van der Waals surface area contributed by atoms with Crippen LogP contribution in [0.5, 0.6) is 5.75 Å². The van der Waals surface area contributed by atoms with Gasteiger partial charge in [-0.25, -0.2) is 0 Å². The Morgan fingerprint density at radius 3 is 2.58 bits per heavy atom. The van der Waals surface area contributed by atoms with Gasteiger partial charge < -0.3 is 20.1 Å². The minimum absolute atomic E-state index is 0. The smallest absolute Gasteiger partial charge is 0.233 e. The van der Waals surface area contributed by atoms with Gasteiger partial charge in [0.05, 0.1) is 23.1 Å². The number of halogens is 2. The summed E-state index contributed by atoms with van der Waals surface area (Å²) in [6, 6.07) is 5.31. The SMILES string of the molecule is COCC1(C(=O)Nc2ccc(OC(C)C)c(Cl)c2)CCNCC1.Cl. The molecule has 2 N–H and O–H groups in total. The summed E-state index contributed by atoms with van der Waals surface area (Å²) < 4.78 is 10.9. The molecule has 0 aromatic heterocycles. The van der Waals surface area contributed by atoms with Crippen molar-refractivity contribution in [2.75, 3.05) is 32.1 Å². The Morgan fingerprint density at radius 2 is 2.04 bits per heavy atom. The molecule has 0 aliphatic carbocycles. The first-order valence-corrected chi connectivity index (χ1v) is 8.32. The van der Waals surface area contributed by atoms with Gasteiger partial charge in [-0.15, -0.1) is 12.4 Å². The van der Waals surface area contributed by atoms with Crippen molar-refractivity contribution in [3.05, 3.63) is 23.2 Å². The molecule has 0 atom stereocenters. The van der Waals surface area contributed by atoms with Crippen LogP contribution in [0.4, 0.5) is 5.69 Å². The van der Waals surface area contributed by atoms with E-state index in [0.29, 0.717) is 23.1 Å². The van der Waals surface area contributed by atoms with Crippen LogP contribution >= 0.6 is 24.0 Å². The first-order chi connectivity index (χ1) is 11.0. The lowest BCUT2D eigenvalue weighted by atomic mass is 9.78. The fourth-order valence-electron chi connectivity index (χ4n) is 2.81. The zero-order valence-electron chi connectivity index (χ0n) is 14.4. The number of anilines is 1. The van der Waals surface area contributed by atoms with Crippen LogP contribution in [0.3, 0.4) is 0 Å². The van der Waals surface area contributed by atoms with Gasteiger partial charge in [-0.1, -0.05) is 11.6 Å². The molecule has 2 rings (SSSR count). The van der Waals surface area contributed by atoms with Gasteiger partial charge >= 0.3 is 0 Å². The number of ether oxygens (including phenoxy) is 2. The molecule has 0 unspecified atom stereocenters. The number of amides is 1. The molecule has 0 saturated carbocycles. The lowest BCUT2D eigenvalue weighted by Gasteiger charge is -2.35. The number of benzene rings is 1. The van der Waals surface area contributed by atoms with Crippen molar-refractivity contribution in [1.82, 2.24) is 5.32 Å². The van der Waals surface area contributed by atoms with Crippen molar-refractivity contribution in [3.63, 3.8) is 0 Å². The van der Waals surface area contributed by atoms with Crippen LogP contribution in [0, 0.1) is 5.41 Å². The number of carbonyl (C=O) groups excluding carboxylic acids is 1. The van der Waals surface area contributed by atoms with Gasteiger partial charge in [0.1, 0.15) is 5.75 Å². The maximum atomic E-state index is 12.8. The first-order valence-electron chi connectivity index (χ1n) is 7.94. The predicted octanol–water partition coefficient (Wildman–Crippen LogP) is 3.50. The average molecular weight is 377 g/mol. The number of carbonyl (C=O) groups is 1. The van der Waals surface area contributed by atoms with E-state index in [1.807, 2.05) is 19.9 Å². The quantitative estimate of drug-likeness (QED) is 0.797. The fraction of sp³-hybridized carbons (Fsp3) is 0.588. The summed E-state index contributed by atoms with van der Waals surface area (Å²) in [6.45, 7) is 5.94. The summed E-state index contributed by atoms with van der Waals surface area (Å²) in [5, 5.41) is 6.74. The van der Waals surface area contributed by atoms with Crippen LogP contribution in [0.1, 0.15) is 26.7 Å². The Hall–Kier alpha value is -1.01. The molecule has 0 radical (unpaired) electrons. The van der Waals surface area contributed by atoms with Gasteiger partial charge in [0.15, 0.2) is 0 Å². The highest BCUT2D eigenvalue weighted by molar-refractivity contribution is 6.32. The zero-order chi connectivity index (χ0) is 16.9. The fourth-order valence-corrected chi connectivity index (χ4v) is 3.04. The molecule has 24 heavy (non-hydrogen) atoms. The molecule has 7 heteroatoms. The molecule has 136 valence electrons. The monoisotopic (exact) mass is 376 g/mol.